The second-order valence-electron chi connectivity index (χ2n) is 8.33. The molecular weight excluding hydrogens is 432 g/mol. The van der Waals surface area contributed by atoms with E-state index < -0.39 is 0 Å². The lowest BCUT2D eigenvalue weighted by Gasteiger charge is -2.32. The van der Waals surface area contributed by atoms with Crippen molar-refractivity contribution in [2.24, 2.45) is 5.92 Å². The van der Waals surface area contributed by atoms with Crippen molar-refractivity contribution in [1.29, 1.82) is 0 Å². The number of aryl methyl sites for hydroxylation is 1. The third-order valence-corrected chi connectivity index (χ3v) is 6.96. The Bertz CT molecular complexity index is 1250. The first-order valence-electron chi connectivity index (χ1n) is 11.2. The molecule has 1 amide bonds. The molecule has 0 aliphatic carbocycles. The van der Waals surface area contributed by atoms with Crippen molar-refractivity contribution in [3.05, 3.63) is 77.7 Å². The van der Waals surface area contributed by atoms with Crippen LogP contribution in [0.25, 0.3) is 10.2 Å². The lowest BCUT2D eigenvalue weighted by atomic mass is 9.86. The molecular formula is C25H26N6OS. The fourth-order valence-electron chi connectivity index (χ4n) is 4.32. The number of carbonyl (C=O) groups is 1. The summed E-state index contributed by atoms with van der Waals surface area (Å²) in [5, 5.41) is 10.6. The molecule has 0 saturated carbocycles. The van der Waals surface area contributed by atoms with Gasteiger partial charge in [-0.25, -0.2) is 9.97 Å². The zero-order valence-electron chi connectivity index (χ0n) is 18.4. The van der Waals surface area contributed by atoms with Crippen LogP contribution in [-0.2, 0) is 0 Å². The van der Waals surface area contributed by atoms with Gasteiger partial charge in [-0.2, -0.15) is 0 Å². The molecule has 1 aliphatic heterocycles. The van der Waals surface area contributed by atoms with E-state index in [1.54, 1.807) is 18.3 Å². The fourth-order valence-corrected chi connectivity index (χ4v) is 5.28. The largest absolute Gasteiger partial charge is 0.362 e. The molecule has 1 aromatic carbocycles. The summed E-state index contributed by atoms with van der Waals surface area (Å²) in [6, 6.07) is 13.8. The molecule has 3 aromatic heterocycles. The highest BCUT2D eigenvalue weighted by Gasteiger charge is 2.27. The maximum atomic E-state index is 13.2. The number of carbonyl (C=O) groups excluding carboxylic acids is 1. The summed E-state index contributed by atoms with van der Waals surface area (Å²) in [5.41, 5.74) is 3.70. The number of hydrogen-bond acceptors (Lipinski definition) is 7. The molecule has 3 N–H and O–H groups in total. The fraction of sp³-hybridized carbons (Fsp3) is 0.280. The summed E-state index contributed by atoms with van der Waals surface area (Å²) in [7, 11) is 0. The van der Waals surface area contributed by atoms with Gasteiger partial charge in [0.1, 0.15) is 5.82 Å². The Morgan fingerprint density at radius 1 is 1.12 bits per heavy atom. The standard InChI is InChI=1S/C25H26N6OS/c1-16-4-5-20-21(15-16)33-25(29-20)31-24(32)19-3-2-10-28-23(19)30-22(17-6-11-26-12-7-17)18-8-13-27-14-9-18/h2-7,10-12,15,18,22,27H,8-9,13-14H2,1H3,(H,28,30)(H,29,31,32). The number of hydrogen-bond donors (Lipinski definition) is 3. The first-order valence-corrected chi connectivity index (χ1v) is 12.0. The van der Waals surface area contributed by atoms with Crippen LogP contribution in [0.2, 0.25) is 0 Å². The van der Waals surface area contributed by atoms with Crippen molar-refractivity contribution < 1.29 is 4.79 Å². The van der Waals surface area contributed by atoms with Gasteiger partial charge in [0.15, 0.2) is 5.13 Å². The van der Waals surface area contributed by atoms with Gasteiger partial charge in [-0.3, -0.25) is 15.1 Å². The highest BCUT2D eigenvalue weighted by atomic mass is 32.1. The molecule has 1 unspecified atom stereocenters. The van der Waals surface area contributed by atoms with E-state index in [-0.39, 0.29) is 11.9 Å². The number of fused-ring (bicyclic) bond motifs is 1. The number of rotatable bonds is 6. The summed E-state index contributed by atoms with van der Waals surface area (Å²) in [6.07, 6.45) is 7.45. The predicted octanol–water partition coefficient (Wildman–Crippen LogP) is 4.80. The number of nitrogens with zero attached hydrogens (tertiary/aromatic N) is 3. The number of aromatic nitrogens is 3. The third-order valence-electron chi connectivity index (χ3n) is 6.03. The van der Waals surface area contributed by atoms with Crippen LogP contribution >= 0.6 is 11.3 Å². The second-order valence-corrected chi connectivity index (χ2v) is 9.36. The molecule has 0 radical (unpaired) electrons. The van der Waals surface area contributed by atoms with E-state index in [2.05, 4.69) is 37.0 Å². The molecule has 1 saturated heterocycles. The number of amides is 1. The Morgan fingerprint density at radius 3 is 2.76 bits per heavy atom. The Kier molecular flexibility index (Phi) is 6.28. The first-order chi connectivity index (χ1) is 16.2. The molecule has 33 heavy (non-hydrogen) atoms. The summed E-state index contributed by atoms with van der Waals surface area (Å²) in [6.45, 7) is 4.02. The Hall–Kier alpha value is -3.36. The second kappa shape index (κ2) is 9.64. The zero-order chi connectivity index (χ0) is 22.6. The number of pyridine rings is 2. The summed E-state index contributed by atoms with van der Waals surface area (Å²) in [4.78, 5) is 26.5. The van der Waals surface area contributed by atoms with Gasteiger partial charge in [-0.15, -0.1) is 0 Å². The predicted molar refractivity (Wildman–Crippen MR) is 133 cm³/mol. The van der Waals surface area contributed by atoms with Crippen LogP contribution in [0.3, 0.4) is 0 Å². The minimum absolute atomic E-state index is 0.0435. The lowest BCUT2D eigenvalue weighted by molar-refractivity contribution is 0.102. The average Bonchev–Trinajstić information content (AvgIpc) is 3.25. The Morgan fingerprint density at radius 2 is 1.94 bits per heavy atom. The smallest absolute Gasteiger partial charge is 0.261 e. The van der Waals surface area contributed by atoms with Crippen LogP contribution in [-0.4, -0.2) is 33.9 Å². The normalized spacial score (nSPS) is 15.3. The average molecular weight is 459 g/mol. The summed E-state index contributed by atoms with van der Waals surface area (Å²) >= 11 is 1.48. The Labute approximate surface area is 196 Å². The van der Waals surface area contributed by atoms with Crippen molar-refractivity contribution in [3.8, 4) is 0 Å². The van der Waals surface area contributed by atoms with E-state index in [9.17, 15) is 4.79 Å². The highest BCUT2D eigenvalue weighted by molar-refractivity contribution is 7.22. The SMILES string of the molecule is Cc1ccc2nc(NC(=O)c3cccnc3NC(c3ccncc3)C3CCNCC3)sc2c1. The van der Waals surface area contributed by atoms with Gasteiger partial charge in [0.25, 0.3) is 5.91 Å². The monoisotopic (exact) mass is 458 g/mol. The maximum absolute atomic E-state index is 13.2. The molecule has 5 rings (SSSR count). The van der Waals surface area contributed by atoms with Crippen LogP contribution in [0, 0.1) is 12.8 Å². The number of benzene rings is 1. The molecule has 8 heteroatoms. The van der Waals surface area contributed by atoms with Gasteiger partial charge in [-0.05, 0) is 86.3 Å². The van der Waals surface area contributed by atoms with E-state index in [0.717, 1.165) is 41.7 Å². The minimum atomic E-state index is -0.222. The molecule has 0 spiro atoms. The number of piperidine rings is 1. The number of thiazole rings is 1. The molecule has 0 bridgehead atoms. The van der Waals surface area contributed by atoms with Crippen LogP contribution in [0.4, 0.5) is 10.9 Å². The summed E-state index contributed by atoms with van der Waals surface area (Å²) in [5.74, 6) is 0.784. The summed E-state index contributed by atoms with van der Waals surface area (Å²) < 4.78 is 1.05. The van der Waals surface area contributed by atoms with Crippen molar-refractivity contribution in [2.75, 3.05) is 23.7 Å². The van der Waals surface area contributed by atoms with Crippen molar-refractivity contribution in [1.82, 2.24) is 20.3 Å². The van der Waals surface area contributed by atoms with Crippen LogP contribution in [0.1, 0.15) is 40.4 Å². The minimum Gasteiger partial charge on any atom is -0.362 e. The molecule has 168 valence electrons. The van der Waals surface area contributed by atoms with Crippen molar-refractivity contribution in [2.45, 2.75) is 25.8 Å². The zero-order valence-corrected chi connectivity index (χ0v) is 19.2. The van der Waals surface area contributed by atoms with Crippen molar-refractivity contribution in [3.63, 3.8) is 0 Å². The van der Waals surface area contributed by atoms with Crippen molar-refractivity contribution >= 4 is 38.4 Å². The molecule has 1 atom stereocenters. The van der Waals surface area contributed by atoms with E-state index in [1.807, 2.05) is 43.6 Å². The number of nitrogens with one attached hydrogen (secondary N) is 3. The van der Waals surface area contributed by atoms with Gasteiger partial charge in [0, 0.05) is 18.6 Å². The van der Waals surface area contributed by atoms with E-state index in [4.69, 9.17) is 0 Å². The Balaban J connectivity index is 1.41. The van der Waals surface area contributed by atoms with Gasteiger partial charge >= 0.3 is 0 Å². The van der Waals surface area contributed by atoms with Gasteiger partial charge in [0.05, 0.1) is 21.8 Å². The van der Waals surface area contributed by atoms with E-state index >= 15 is 0 Å². The van der Waals surface area contributed by atoms with Gasteiger partial charge in [-0.1, -0.05) is 17.4 Å². The molecule has 1 aliphatic rings. The molecule has 4 heterocycles. The topological polar surface area (TPSA) is 91.8 Å². The third kappa shape index (κ3) is 4.86. The van der Waals surface area contributed by atoms with Crippen LogP contribution < -0.4 is 16.0 Å². The molecule has 1 fully saturated rings. The number of anilines is 2. The maximum Gasteiger partial charge on any atom is 0.261 e. The van der Waals surface area contributed by atoms with Crippen LogP contribution in [0.5, 0.6) is 0 Å². The van der Waals surface area contributed by atoms with E-state index in [0.29, 0.717) is 22.4 Å². The quantitative estimate of drug-likeness (QED) is 0.384. The molecule has 4 aromatic rings. The van der Waals surface area contributed by atoms with Gasteiger partial charge in [0.2, 0.25) is 0 Å². The van der Waals surface area contributed by atoms with Gasteiger partial charge < -0.3 is 10.6 Å². The van der Waals surface area contributed by atoms with Crippen LogP contribution in [0.15, 0.2) is 61.1 Å². The highest BCUT2D eigenvalue weighted by Crippen LogP contribution is 2.33. The van der Waals surface area contributed by atoms with E-state index in [1.165, 1.54) is 16.9 Å². The lowest BCUT2D eigenvalue weighted by Crippen LogP contribution is -2.34. The molecule has 7 nitrogen and oxygen atoms in total. The first kappa shape index (κ1) is 21.5.